The highest BCUT2D eigenvalue weighted by molar-refractivity contribution is 5.81. The van der Waals surface area contributed by atoms with Gasteiger partial charge in [-0.25, -0.2) is 15.0 Å². The lowest BCUT2D eigenvalue weighted by atomic mass is 10.2. The summed E-state index contributed by atoms with van der Waals surface area (Å²) in [6, 6.07) is 18.1. The second-order valence-corrected chi connectivity index (χ2v) is 14.8. The Balaban J connectivity index is 0.000000181. The number of fused-ring (bicyclic) bond motifs is 4. The predicted octanol–water partition coefficient (Wildman–Crippen LogP) is 6.43. The van der Waals surface area contributed by atoms with Crippen molar-refractivity contribution in [2.24, 2.45) is 14.1 Å². The molecule has 8 aromatic rings. The fourth-order valence-corrected chi connectivity index (χ4v) is 6.78. The highest BCUT2D eigenvalue weighted by Crippen LogP contribution is 2.28. The third-order valence-corrected chi connectivity index (χ3v) is 9.97. The number of rotatable bonds is 13. The zero-order valence-electron chi connectivity index (χ0n) is 34.9. The van der Waals surface area contributed by atoms with Crippen molar-refractivity contribution in [2.75, 3.05) is 34.0 Å². The van der Waals surface area contributed by atoms with Gasteiger partial charge in [-0.15, -0.1) is 0 Å². The van der Waals surface area contributed by atoms with Crippen LogP contribution in [0.1, 0.15) is 51.2 Å². The fraction of sp³-hybridized carbons (Fsp3) is 0.318. The van der Waals surface area contributed by atoms with Crippen molar-refractivity contribution in [3.63, 3.8) is 0 Å². The normalized spacial score (nSPS) is 11.6. The summed E-state index contributed by atoms with van der Waals surface area (Å²) in [5.74, 6) is 4.51. The Bertz CT molecular complexity index is 3010. The predicted molar refractivity (Wildman–Crippen MR) is 228 cm³/mol. The molecular weight excluding hydrogens is 769 g/mol. The average molecular weight is 817 g/mol. The lowest BCUT2D eigenvalue weighted by Gasteiger charge is -2.14. The Kier molecular flexibility index (Phi) is 12.1. The second kappa shape index (κ2) is 17.6. The summed E-state index contributed by atoms with van der Waals surface area (Å²) >= 11 is 0. The highest BCUT2D eigenvalue weighted by atomic mass is 16.5. The first kappa shape index (κ1) is 41.4. The number of pyridine rings is 2. The van der Waals surface area contributed by atoms with Crippen LogP contribution in [0.25, 0.3) is 32.8 Å². The van der Waals surface area contributed by atoms with E-state index in [9.17, 15) is 14.4 Å². The first-order valence-electron chi connectivity index (χ1n) is 19.5. The second-order valence-electron chi connectivity index (χ2n) is 14.8. The van der Waals surface area contributed by atoms with E-state index in [1.165, 1.54) is 15.2 Å². The van der Waals surface area contributed by atoms with E-state index in [-0.39, 0.29) is 28.5 Å². The molecule has 6 aromatic heterocycles. The zero-order chi connectivity index (χ0) is 42.7. The van der Waals surface area contributed by atoms with Crippen LogP contribution in [0.15, 0.2) is 99.8 Å². The number of ether oxygens (including phenoxy) is 5. The maximum Gasteiger partial charge on any atom is 0.279 e. The molecule has 312 valence electrons. The monoisotopic (exact) mass is 816 g/mol. The molecule has 6 heterocycles. The van der Waals surface area contributed by atoms with Crippen LogP contribution in [0.5, 0.6) is 29.1 Å². The van der Waals surface area contributed by atoms with E-state index in [1.807, 2.05) is 70.2 Å². The van der Waals surface area contributed by atoms with Crippen molar-refractivity contribution in [1.29, 1.82) is 0 Å². The van der Waals surface area contributed by atoms with E-state index in [2.05, 4.69) is 15.0 Å². The SMILES string of the molecule is COCCOc1ccc2cc(Oc3cn4c(C(C)C)ncc4c(=O)n3C)ccc2n1.COCCn1c(=O)ccc2cc(Oc3cn4c(C(C)C)ncc4c(=O)n3C)ccc21. The molecule has 0 unspecified atom stereocenters. The van der Waals surface area contributed by atoms with Gasteiger partial charge in [0.2, 0.25) is 17.6 Å². The smallest absolute Gasteiger partial charge is 0.279 e. The number of nitrogens with zero attached hydrogens (tertiary/aromatic N) is 8. The standard InChI is InChI=1S/2C22H24N4O4/c1-14(2)21-23-12-18-22(27)25(3)20(13-26(18)21)30-16-6-7-17-15(11-16)5-8-19(24-17)29-10-9-28-4;1-14(2)21-23-12-18-22(28)24(3)20(13-26(18)21)30-16-6-7-17-15(11-16)5-8-19(27)25(17)9-10-29-4/h2*5-8,11-14H,9-10H2,1-4H3. The minimum Gasteiger partial charge on any atom is -0.475 e. The molecule has 16 heteroatoms. The molecule has 16 nitrogen and oxygen atoms in total. The third kappa shape index (κ3) is 8.37. The van der Waals surface area contributed by atoms with E-state index in [4.69, 9.17) is 23.7 Å². The van der Waals surface area contributed by atoms with E-state index in [0.717, 1.165) is 33.5 Å². The maximum absolute atomic E-state index is 12.7. The molecule has 8 rings (SSSR count). The van der Waals surface area contributed by atoms with Gasteiger partial charge in [-0.1, -0.05) is 27.7 Å². The lowest BCUT2D eigenvalue weighted by Crippen LogP contribution is -2.21. The number of benzene rings is 2. The third-order valence-electron chi connectivity index (χ3n) is 9.97. The topological polar surface area (TPSA) is 160 Å². The first-order chi connectivity index (χ1) is 28.9. The van der Waals surface area contributed by atoms with Gasteiger partial charge in [0.1, 0.15) is 40.8 Å². The van der Waals surface area contributed by atoms with Crippen LogP contribution in [-0.4, -0.2) is 71.5 Å². The van der Waals surface area contributed by atoms with Gasteiger partial charge in [-0.2, -0.15) is 0 Å². The first-order valence-corrected chi connectivity index (χ1v) is 19.5. The summed E-state index contributed by atoms with van der Waals surface area (Å²) in [5.41, 5.74) is 2.20. The van der Waals surface area contributed by atoms with Crippen molar-refractivity contribution < 1.29 is 23.7 Å². The van der Waals surface area contributed by atoms with Gasteiger partial charge >= 0.3 is 0 Å². The van der Waals surface area contributed by atoms with Gasteiger partial charge in [0.25, 0.3) is 16.7 Å². The quantitative estimate of drug-likeness (QED) is 0.118. The van der Waals surface area contributed by atoms with E-state index in [1.54, 1.807) is 78.6 Å². The Morgan fingerprint density at radius 2 is 1.17 bits per heavy atom. The summed E-state index contributed by atoms with van der Waals surface area (Å²) in [6.07, 6.45) is 6.78. The van der Waals surface area contributed by atoms with Crippen LogP contribution in [0.4, 0.5) is 0 Å². The van der Waals surface area contributed by atoms with Gasteiger partial charge in [-0.3, -0.25) is 32.3 Å². The van der Waals surface area contributed by atoms with Crippen molar-refractivity contribution in [1.82, 2.24) is 37.5 Å². The van der Waals surface area contributed by atoms with Crippen molar-refractivity contribution in [3.05, 3.63) is 128 Å². The Labute approximate surface area is 344 Å². The van der Waals surface area contributed by atoms with Crippen LogP contribution < -0.4 is 30.9 Å². The molecule has 0 N–H and O–H groups in total. The minimum absolute atomic E-state index is 0.0811. The highest BCUT2D eigenvalue weighted by Gasteiger charge is 2.17. The molecule has 0 fully saturated rings. The number of hydrogen-bond acceptors (Lipinski definition) is 11. The van der Waals surface area contributed by atoms with Gasteiger partial charge in [0.05, 0.1) is 49.0 Å². The van der Waals surface area contributed by atoms with Crippen LogP contribution >= 0.6 is 0 Å². The molecule has 0 aliphatic rings. The van der Waals surface area contributed by atoms with E-state index >= 15 is 0 Å². The summed E-state index contributed by atoms with van der Waals surface area (Å²) in [6.45, 7) is 9.99. The Hall–Kier alpha value is -6.78. The Morgan fingerprint density at radius 3 is 1.73 bits per heavy atom. The lowest BCUT2D eigenvalue weighted by molar-refractivity contribution is 0.144. The van der Waals surface area contributed by atoms with Crippen LogP contribution in [0, 0.1) is 0 Å². The molecule has 60 heavy (non-hydrogen) atoms. The van der Waals surface area contributed by atoms with E-state index in [0.29, 0.717) is 66.5 Å². The number of aromatic nitrogens is 8. The summed E-state index contributed by atoms with van der Waals surface area (Å²) < 4.78 is 36.0. The largest absolute Gasteiger partial charge is 0.475 e. The van der Waals surface area contributed by atoms with Gasteiger partial charge < -0.3 is 28.3 Å². The van der Waals surface area contributed by atoms with Gasteiger partial charge in [0.15, 0.2) is 0 Å². The van der Waals surface area contributed by atoms with Crippen molar-refractivity contribution in [2.45, 2.75) is 46.1 Å². The minimum atomic E-state index is -0.180. The van der Waals surface area contributed by atoms with Crippen molar-refractivity contribution in [3.8, 4) is 29.1 Å². The van der Waals surface area contributed by atoms with Gasteiger partial charge in [0, 0.05) is 69.6 Å². The number of imidazole rings is 2. The van der Waals surface area contributed by atoms with Crippen LogP contribution in [0.2, 0.25) is 0 Å². The molecule has 0 aliphatic carbocycles. The van der Waals surface area contributed by atoms with Crippen molar-refractivity contribution >= 4 is 32.8 Å². The molecule has 0 radical (unpaired) electrons. The zero-order valence-corrected chi connectivity index (χ0v) is 34.9. The van der Waals surface area contributed by atoms with Crippen LogP contribution in [0.3, 0.4) is 0 Å². The molecule has 0 amide bonds. The van der Waals surface area contributed by atoms with E-state index < -0.39 is 0 Å². The molecular formula is C44H48N8O8. The van der Waals surface area contributed by atoms with Crippen LogP contribution in [-0.2, 0) is 30.1 Å². The Morgan fingerprint density at radius 1 is 0.617 bits per heavy atom. The summed E-state index contributed by atoms with van der Waals surface area (Å²) in [7, 11) is 6.59. The molecule has 0 saturated carbocycles. The summed E-state index contributed by atoms with van der Waals surface area (Å²) in [5, 5.41) is 1.77. The fourth-order valence-electron chi connectivity index (χ4n) is 6.78. The molecule has 0 atom stereocenters. The molecule has 2 aromatic carbocycles. The molecule has 0 aliphatic heterocycles. The number of hydrogen-bond donors (Lipinski definition) is 0. The average Bonchev–Trinajstić information content (AvgIpc) is 3.87. The molecule has 0 saturated heterocycles. The van der Waals surface area contributed by atoms with Gasteiger partial charge in [-0.05, 0) is 48.5 Å². The maximum atomic E-state index is 12.7. The summed E-state index contributed by atoms with van der Waals surface area (Å²) in [4.78, 5) is 50.9. The number of methoxy groups -OCH3 is 2. The molecule has 0 spiro atoms. The molecule has 0 bridgehead atoms.